The molecule has 5 N–H and O–H groups in total. The first-order valence-corrected chi connectivity index (χ1v) is 8.93. The first-order valence-electron chi connectivity index (χ1n) is 8.93. The van der Waals surface area contributed by atoms with Gasteiger partial charge in [0.25, 0.3) is 0 Å². The molecule has 0 aromatic heterocycles. The van der Waals surface area contributed by atoms with Crippen LogP contribution in [0.2, 0.25) is 0 Å². The number of carbonyl (C=O) groups is 1. The van der Waals surface area contributed by atoms with Crippen LogP contribution < -0.4 is 0 Å². The number of hydrogen-bond donors (Lipinski definition) is 3. The molecule has 0 saturated carbocycles. The Morgan fingerprint density at radius 2 is 0.931 bits per heavy atom. The average Bonchev–Trinajstić information content (AvgIpc) is 2.63. The average molecular weight is 400 g/mol. The SMILES string of the molecule is CC(C)(c1ccc(O)cc1)c1ccc(O)cc1.CC(C)=O.O.Oc1ccccc1.[H+]. The van der Waals surface area contributed by atoms with Crippen LogP contribution in [-0.4, -0.2) is 26.6 Å². The van der Waals surface area contributed by atoms with Gasteiger partial charge in [-0.3, -0.25) is 0 Å². The second-order valence-corrected chi connectivity index (χ2v) is 6.96. The minimum atomic E-state index is -0.151. The van der Waals surface area contributed by atoms with Gasteiger partial charge in [0.15, 0.2) is 0 Å². The molecule has 29 heavy (non-hydrogen) atoms. The largest absolute Gasteiger partial charge is 1.00 e. The molecule has 3 aromatic rings. The van der Waals surface area contributed by atoms with Crippen LogP contribution in [0.25, 0.3) is 0 Å². The maximum absolute atomic E-state index is 9.44. The van der Waals surface area contributed by atoms with Gasteiger partial charge < -0.3 is 25.6 Å². The molecule has 156 valence electrons. The molecule has 0 radical (unpaired) electrons. The lowest BCUT2D eigenvalue weighted by Crippen LogP contribution is -2.18. The van der Waals surface area contributed by atoms with Crippen LogP contribution in [0.3, 0.4) is 0 Å². The number of rotatable bonds is 2. The van der Waals surface area contributed by atoms with E-state index in [1.807, 2.05) is 30.3 Å². The molecule has 3 rings (SSSR count). The van der Waals surface area contributed by atoms with Crippen molar-refractivity contribution in [2.75, 3.05) is 0 Å². The molecule has 3 aromatic carbocycles. The van der Waals surface area contributed by atoms with Gasteiger partial charge in [-0.05, 0) is 61.4 Å². The first-order chi connectivity index (χ1) is 13.1. The molecule has 0 saturated heterocycles. The summed E-state index contributed by atoms with van der Waals surface area (Å²) in [6.45, 7) is 7.29. The van der Waals surface area contributed by atoms with Gasteiger partial charge in [-0.25, -0.2) is 0 Å². The van der Waals surface area contributed by atoms with Gasteiger partial charge >= 0.3 is 1.43 Å². The molecule has 0 fully saturated rings. The van der Waals surface area contributed by atoms with E-state index in [9.17, 15) is 15.0 Å². The summed E-state index contributed by atoms with van der Waals surface area (Å²) in [5.74, 6) is 1.04. The molecule has 0 aliphatic heterocycles. The summed E-state index contributed by atoms with van der Waals surface area (Å²) in [6, 6.07) is 23.2. The van der Waals surface area contributed by atoms with Crippen molar-refractivity contribution in [1.29, 1.82) is 0 Å². The van der Waals surface area contributed by atoms with Crippen molar-refractivity contribution in [2.45, 2.75) is 33.1 Å². The Hall–Kier alpha value is -3.31. The van der Waals surface area contributed by atoms with Gasteiger partial charge in [-0.15, -0.1) is 0 Å². The van der Waals surface area contributed by atoms with Crippen LogP contribution in [0.5, 0.6) is 17.2 Å². The highest BCUT2D eigenvalue weighted by Gasteiger charge is 2.22. The topological polar surface area (TPSA) is 109 Å². The summed E-state index contributed by atoms with van der Waals surface area (Å²) in [4.78, 5) is 9.44. The second-order valence-electron chi connectivity index (χ2n) is 6.96. The number of Topliss-reactive ketones (excluding diaryl/α,β-unsaturated/α-hetero) is 1. The van der Waals surface area contributed by atoms with Gasteiger partial charge in [-0.1, -0.05) is 56.3 Å². The lowest BCUT2D eigenvalue weighted by molar-refractivity contribution is -0.115. The Balaban J connectivity index is 0. The fraction of sp³-hybridized carbons (Fsp3) is 0.208. The Morgan fingerprint density at radius 1 is 0.655 bits per heavy atom. The Morgan fingerprint density at radius 3 is 1.17 bits per heavy atom. The fourth-order valence-electron chi connectivity index (χ4n) is 2.35. The molecule has 0 aliphatic rings. The van der Waals surface area contributed by atoms with Crippen molar-refractivity contribution >= 4 is 5.78 Å². The van der Waals surface area contributed by atoms with Gasteiger partial charge in [-0.2, -0.15) is 0 Å². The number of ketones is 1. The molecule has 0 heterocycles. The minimum Gasteiger partial charge on any atom is -0.508 e. The van der Waals surface area contributed by atoms with E-state index in [1.54, 1.807) is 48.5 Å². The van der Waals surface area contributed by atoms with Crippen molar-refractivity contribution in [2.24, 2.45) is 0 Å². The van der Waals surface area contributed by atoms with E-state index < -0.39 is 0 Å². The van der Waals surface area contributed by atoms with Crippen LogP contribution in [-0.2, 0) is 10.2 Å². The zero-order chi connectivity index (χ0) is 21.2. The van der Waals surface area contributed by atoms with Crippen LogP contribution in [0, 0.1) is 0 Å². The predicted molar refractivity (Wildman–Crippen MR) is 118 cm³/mol. The number of benzene rings is 3. The molecule has 0 spiro atoms. The van der Waals surface area contributed by atoms with Crippen LogP contribution in [0.1, 0.15) is 40.2 Å². The summed E-state index contributed by atoms with van der Waals surface area (Å²) in [5, 5.41) is 27.2. The molecular weight excluding hydrogens is 368 g/mol. The van der Waals surface area contributed by atoms with Gasteiger partial charge in [0.1, 0.15) is 23.0 Å². The molecule has 0 unspecified atom stereocenters. The highest BCUT2D eigenvalue weighted by Crippen LogP contribution is 2.32. The summed E-state index contributed by atoms with van der Waals surface area (Å²) >= 11 is 0. The van der Waals surface area contributed by atoms with Crippen LogP contribution in [0.4, 0.5) is 0 Å². The summed E-state index contributed by atoms with van der Waals surface area (Å²) < 4.78 is 0. The zero-order valence-corrected chi connectivity index (χ0v) is 17.3. The molecular formula is C24H31O5+. The number of phenols is 3. The fourth-order valence-corrected chi connectivity index (χ4v) is 2.35. The molecule has 0 aliphatic carbocycles. The summed E-state index contributed by atoms with van der Waals surface area (Å²) in [7, 11) is 0. The minimum absolute atomic E-state index is 0. The van der Waals surface area contributed by atoms with Crippen LogP contribution >= 0.6 is 0 Å². The third-order valence-electron chi connectivity index (χ3n) is 3.93. The van der Waals surface area contributed by atoms with Crippen molar-refractivity contribution < 1.29 is 27.0 Å². The normalized spacial score (nSPS) is 9.66. The molecule has 5 nitrogen and oxygen atoms in total. The van der Waals surface area contributed by atoms with E-state index in [-0.39, 0.29) is 29.6 Å². The Labute approximate surface area is 173 Å². The van der Waals surface area contributed by atoms with Crippen molar-refractivity contribution in [1.82, 2.24) is 0 Å². The summed E-state index contributed by atoms with van der Waals surface area (Å²) in [6.07, 6.45) is 0. The summed E-state index contributed by atoms with van der Waals surface area (Å²) in [5.41, 5.74) is 2.10. The highest BCUT2D eigenvalue weighted by molar-refractivity contribution is 5.72. The number of phenolic OH excluding ortho intramolecular Hbond substituents is 3. The quantitative estimate of drug-likeness (QED) is 0.580. The molecule has 0 bridgehead atoms. The number of aromatic hydroxyl groups is 3. The Kier molecular flexibility index (Phi) is 10.8. The number of para-hydroxylation sites is 1. The molecule has 0 atom stereocenters. The van der Waals surface area contributed by atoms with Crippen molar-refractivity contribution in [3.63, 3.8) is 0 Å². The maximum Gasteiger partial charge on any atom is 1.00 e. The van der Waals surface area contributed by atoms with E-state index in [0.29, 0.717) is 5.75 Å². The zero-order valence-electron chi connectivity index (χ0n) is 18.3. The molecule has 0 amide bonds. The van der Waals surface area contributed by atoms with Gasteiger partial charge in [0, 0.05) is 5.41 Å². The molecule has 5 heteroatoms. The Bertz CT molecular complexity index is 794. The third-order valence-corrected chi connectivity index (χ3v) is 3.93. The van der Waals surface area contributed by atoms with E-state index in [1.165, 1.54) is 13.8 Å². The number of hydrogen-bond acceptors (Lipinski definition) is 4. The van der Waals surface area contributed by atoms with E-state index in [4.69, 9.17) is 5.11 Å². The van der Waals surface area contributed by atoms with E-state index >= 15 is 0 Å². The highest BCUT2D eigenvalue weighted by atomic mass is 16.3. The first kappa shape index (κ1) is 25.7. The van der Waals surface area contributed by atoms with Crippen molar-refractivity contribution in [3.8, 4) is 17.2 Å². The van der Waals surface area contributed by atoms with E-state index in [2.05, 4.69) is 13.8 Å². The van der Waals surface area contributed by atoms with Crippen LogP contribution in [0.15, 0.2) is 78.9 Å². The lowest BCUT2D eigenvalue weighted by atomic mass is 9.78. The smallest absolute Gasteiger partial charge is 0.508 e. The number of carbonyl (C=O) groups excluding carboxylic acids is 1. The second kappa shape index (κ2) is 12.2. The van der Waals surface area contributed by atoms with E-state index in [0.717, 1.165) is 11.1 Å². The standard InChI is InChI=1S/C15H16O2.C6H6O.C3H6O.H2O/c1-15(2,11-3-7-13(16)8-4-11)12-5-9-14(17)10-6-12;7-6-4-2-1-3-5-6;1-3(2)4;/h3-10,16-17H,1-2H3;1-5,7H;1-2H3;1H2/p+1. The van der Waals surface area contributed by atoms with Gasteiger partial charge in [0.2, 0.25) is 0 Å². The lowest BCUT2D eigenvalue weighted by Gasteiger charge is -2.26. The monoisotopic (exact) mass is 399 g/mol. The maximum atomic E-state index is 9.44. The van der Waals surface area contributed by atoms with Gasteiger partial charge in [0.05, 0.1) is 0 Å². The van der Waals surface area contributed by atoms with Crippen molar-refractivity contribution in [3.05, 3.63) is 90.0 Å². The predicted octanol–water partition coefficient (Wildman–Crippen LogP) is 4.70. The third kappa shape index (κ3) is 9.44.